The van der Waals surface area contributed by atoms with Crippen molar-refractivity contribution >= 4 is 27.3 Å². The minimum absolute atomic E-state index is 0.125. The summed E-state index contributed by atoms with van der Waals surface area (Å²) >= 11 is 0. The van der Waals surface area contributed by atoms with Crippen LogP contribution in [0, 0.1) is 6.92 Å². The number of para-hydroxylation sites is 1. The van der Waals surface area contributed by atoms with E-state index in [-0.39, 0.29) is 22.0 Å². The number of anilines is 2. The van der Waals surface area contributed by atoms with Crippen molar-refractivity contribution in [2.75, 3.05) is 24.3 Å². The molecule has 0 saturated heterocycles. The number of amides is 1. The molecule has 1 amide bonds. The van der Waals surface area contributed by atoms with E-state index in [9.17, 15) is 13.2 Å². The van der Waals surface area contributed by atoms with E-state index in [0.717, 1.165) is 11.4 Å². The van der Waals surface area contributed by atoms with Gasteiger partial charge in [0.1, 0.15) is 16.4 Å². The number of nitrogens with zero attached hydrogens (tertiary/aromatic N) is 2. The quantitative estimate of drug-likeness (QED) is 0.380. The molecule has 1 heterocycles. The number of benzene rings is 3. The monoisotopic (exact) mass is 492 g/mol. The summed E-state index contributed by atoms with van der Waals surface area (Å²) < 4.78 is 40.7. The van der Waals surface area contributed by atoms with Crippen molar-refractivity contribution in [1.82, 2.24) is 9.78 Å². The third-order valence-corrected chi connectivity index (χ3v) is 6.58. The molecule has 1 aromatic heterocycles. The fourth-order valence-corrected chi connectivity index (χ4v) is 4.70. The van der Waals surface area contributed by atoms with Crippen LogP contribution >= 0.6 is 0 Å². The largest absolute Gasteiger partial charge is 0.497 e. The molecule has 4 rings (SSSR count). The van der Waals surface area contributed by atoms with Gasteiger partial charge in [0.2, 0.25) is 0 Å². The molecule has 0 aliphatic carbocycles. The molecule has 35 heavy (non-hydrogen) atoms. The van der Waals surface area contributed by atoms with Crippen molar-refractivity contribution in [2.45, 2.75) is 11.8 Å². The SMILES string of the molecule is COc1ccc(NS(=O)(=O)c2cc(NC(=O)c3cc(C)n(-c4ccccc4)n3)ccc2OC)cc1. The second kappa shape index (κ2) is 9.90. The van der Waals surface area contributed by atoms with E-state index in [2.05, 4.69) is 15.1 Å². The molecular weight excluding hydrogens is 468 g/mol. The van der Waals surface area contributed by atoms with Crippen molar-refractivity contribution < 1.29 is 22.7 Å². The normalized spacial score (nSPS) is 11.1. The van der Waals surface area contributed by atoms with Crippen molar-refractivity contribution in [3.63, 3.8) is 0 Å². The van der Waals surface area contributed by atoms with Crippen LogP contribution in [-0.2, 0) is 10.0 Å². The Morgan fingerprint density at radius 2 is 1.57 bits per heavy atom. The van der Waals surface area contributed by atoms with Gasteiger partial charge in [-0.15, -0.1) is 0 Å². The summed E-state index contributed by atoms with van der Waals surface area (Å²) in [5, 5.41) is 7.10. The van der Waals surface area contributed by atoms with Gasteiger partial charge in [-0.1, -0.05) is 18.2 Å². The smallest absolute Gasteiger partial charge is 0.276 e. The zero-order valence-electron chi connectivity index (χ0n) is 19.3. The molecule has 0 aliphatic heterocycles. The molecule has 0 unspecified atom stereocenters. The van der Waals surface area contributed by atoms with Gasteiger partial charge >= 0.3 is 0 Å². The van der Waals surface area contributed by atoms with Gasteiger partial charge in [-0.3, -0.25) is 9.52 Å². The first kappa shape index (κ1) is 23.8. The van der Waals surface area contributed by atoms with Crippen molar-refractivity contribution in [3.05, 3.63) is 90.3 Å². The molecule has 180 valence electrons. The lowest BCUT2D eigenvalue weighted by molar-refractivity contribution is 0.102. The Morgan fingerprint density at radius 1 is 0.886 bits per heavy atom. The van der Waals surface area contributed by atoms with Crippen LogP contribution in [0.2, 0.25) is 0 Å². The summed E-state index contributed by atoms with van der Waals surface area (Å²) in [7, 11) is -1.13. The van der Waals surface area contributed by atoms with E-state index in [1.54, 1.807) is 41.1 Å². The summed E-state index contributed by atoms with van der Waals surface area (Å²) in [6.45, 7) is 1.85. The molecule has 2 N–H and O–H groups in total. The Labute approximate surface area is 203 Å². The molecule has 0 saturated carbocycles. The van der Waals surface area contributed by atoms with Crippen LogP contribution in [-0.4, -0.2) is 38.3 Å². The lowest BCUT2D eigenvalue weighted by atomic mass is 10.2. The maximum absolute atomic E-state index is 13.1. The van der Waals surface area contributed by atoms with Gasteiger partial charge in [0.25, 0.3) is 15.9 Å². The Kier molecular flexibility index (Phi) is 6.74. The van der Waals surface area contributed by atoms with Gasteiger partial charge < -0.3 is 14.8 Å². The maximum atomic E-state index is 13.1. The number of rotatable bonds is 8. The summed E-state index contributed by atoms with van der Waals surface area (Å²) in [6.07, 6.45) is 0. The minimum Gasteiger partial charge on any atom is -0.497 e. The van der Waals surface area contributed by atoms with Gasteiger partial charge in [-0.25, -0.2) is 13.1 Å². The first-order valence-corrected chi connectivity index (χ1v) is 12.1. The van der Waals surface area contributed by atoms with Crippen LogP contribution in [0.25, 0.3) is 5.69 Å². The van der Waals surface area contributed by atoms with Gasteiger partial charge in [-0.2, -0.15) is 5.10 Å². The number of aromatic nitrogens is 2. The van der Waals surface area contributed by atoms with Crippen LogP contribution in [0.5, 0.6) is 11.5 Å². The topological polar surface area (TPSA) is 112 Å². The summed E-state index contributed by atoms with van der Waals surface area (Å²) in [5.74, 6) is 0.257. The second-order valence-corrected chi connectivity index (χ2v) is 9.22. The third-order valence-electron chi connectivity index (χ3n) is 5.17. The zero-order valence-corrected chi connectivity index (χ0v) is 20.2. The number of nitrogens with one attached hydrogen (secondary N) is 2. The molecule has 0 spiro atoms. The summed E-state index contributed by atoms with van der Waals surface area (Å²) in [6, 6.07) is 21.9. The van der Waals surface area contributed by atoms with E-state index >= 15 is 0 Å². The van der Waals surface area contributed by atoms with E-state index in [0.29, 0.717) is 11.4 Å². The molecule has 0 bridgehead atoms. The average Bonchev–Trinajstić information content (AvgIpc) is 3.26. The fourth-order valence-electron chi connectivity index (χ4n) is 3.44. The molecule has 0 atom stereocenters. The maximum Gasteiger partial charge on any atom is 0.276 e. The molecule has 10 heteroatoms. The van der Waals surface area contributed by atoms with Crippen LogP contribution in [0.1, 0.15) is 16.2 Å². The average molecular weight is 493 g/mol. The Morgan fingerprint density at radius 3 is 2.23 bits per heavy atom. The number of hydrogen-bond donors (Lipinski definition) is 2. The van der Waals surface area contributed by atoms with Gasteiger partial charge in [0, 0.05) is 17.1 Å². The number of carbonyl (C=O) groups is 1. The summed E-state index contributed by atoms with van der Waals surface area (Å²) in [5.41, 5.74) is 2.43. The molecule has 0 fully saturated rings. The predicted octanol–water partition coefficient (Wildman–Crippen LogP) is 4.25. The van der Waals surface area contributed by atoms with E-state index in [4.69, 9.17) is 9.47 Å². The van der Waals surface area contributed by atoms with Gasteiger partial charge in [0.05, 0.1) is 19.9 Å². The number of ether oxygens (including phenoxy) is 2. The molecule has 3 aromatic carbocycles. The Hall–Kier alpha value is -4.31. The lowest BCUT2D eigenvalue weighted by Gasteiger charge is -2.14. The van der Waals surface area contributed by atoms with E-state index in [1.165, 1.54) is 26.4 Å². The Balaban J connectivity index is 1.58. The predicted molar refractivity (Wildman–Crippen MR) is 133 cm³/mol. The van der Waals surface area contributed by atoms with Crippen LogP contribution in [0.3, 0.4) is 0 Å². The van der Waals surface area contributed by atoms with Crippen LogP contribution < -0.4 is 19.5 Å². The number of aryl methyl sites for hydroxylation is 1. The fraction of sp³-hybridized carbons (Fsp3) is 0.120. The van der Waals surface area contributed by atoms with Crippen LogP contribution in [0.4, 0.5) is 11.4 Å². The third kappa shape index (κ3) is 5.28. The standard InChI is InChI=1S/C25H24N4O5S/c1-17-15-22(27-29(17)20-7-5-4-6-8-20)25(30)26-19-11-14-23(34-3)24(16-19)35(31,32)28-18-9-12-21(33-2)13-10-18/h4-16,28H,1-3H3,(H,26,30). The molecular formula is C25H24N4O5S. The first-order valence-electron chi connectivity index (χ1n) is 10.6. The lowest BCUT2D eigenvalue weighted by Crippen LogP contribution is -2.16. The second-order valence-electron chi connectivity index (χ2n) is 7.57. The number of methoxy groups -OCH3 is 2. The van der Waals surface area contributed by atoms with Gasteiger partial charge in [0.15, 0.2) is 5.69 Å². The van der Waals surface area contributed by atoms with Crippen LogP contribution in [0.15, 0.2) is 83.8 Å². The minimum atomic E-state index is -4.02. The molecule has 4 aromatic rings. The van der Waals surface area contributed by atoms with Crippen molar-refractivity contribution in [1.29, 1.82) is 0 Å². The highest BCUT2D eigenvalue weighted by Gasteiger charge is 2.22. The van der Waals surface area contributed by atoms with Gasteiger partial charge in [-0.05, 0) is 67.6 Å². The highest BCUT2D eigenvalue weighted by atomic mass is 32.2. The number of sulfonamides is 1. The van der Waals surface area contributed by atoms with Crippen molar-refractivity contribution in [3.8, 4) is 17.2 Å². The van der Waals surface area contributed by atoms with E-state index in [1.807, 2.05) is 37.3 Å². The molecule has 9 nitrogen and oxygen atoms in total. The molecule has 0 radical (unpaired) electrons. The highest BCUT2D eigenvalue weighted by Crippen LogP contribution is 2.29. The first-order chi connectivity index (χ1) is 16.8. The number of carbonyl (C=O) groups excluding carboxylic acids is 1. The number of hydrogen-bond acceptors (Lipinski definition) is 6. The van der Waals surface area contributed by atoms with E-state index < -0.39 is 15.9 Å². The van der Waals surface area contributed by atoms with Crippen molar-refractivity contribution in [2.24, 2.45) is 0 Å². The zero-order chi connectivity index (χ0) is 25.0. The Bertz CT molecular complexity index is 1450. The molecule has 0 aliphatic rings. The highest BCUT2D eigenvalue weighted by molar-refractivity contribution is 7.92. The summed E-state index contributed by atoms with van der Waals surface area (Å²) in [4.78, 5) is 12.8.